The van der Waals surface area contributed by atoms with Crippen LogP contribution in [0.1, 0.15) is 35.2 Å². The summed E-state index contributed by atoms with van der Waals surface area (Å²) >= 11 is 1.28. The van der Waals surface area contributed by atoms with E-state index in [4.69, 9.17) is 4.74 Å². The Hall–Kier alpha value is -2.85. The summed E-state index contributed by atoms with van der Waals surface area (Å²) in [5.74, 6) is -0.395. The Morgan fingerprint density at radius 1 is 1.22 bits per heavy atom. The molecule has 0 aromatic heterocycles. The molecular weight excluding hydrogens is 362 g/mol. The molecule has 0 bridgehead atoms. The van der Waals surface area contributed by atoms with Gasteiger partial charge in [0.1, 0.15) is 5.75 Å². The fourth-order valence-corrected chi connectivity index (χ4v) is 3.92. The first kappa shape index (κ1) is 18.9. The Balaban J connectivity index is 1.88. The molecule has 0 radical (unpaired) electrons. The predicted octanol–water partition coefficient (Wildman–Crippen LogP) is 4.37. The van der Waals surface area contributed by atoms with Crippen LogP contribution in [0, 0.1) is 11.3 Å². The van der Waals surface area contributed by atoms with Crippen LogP contribution in [0.5, 0.6) is 5.75 Å². The summed E-state index contributed by atoms with van der Waals surface area (Å²) in [6.07, 6.45) is 3.55. The second kappa shape index (κ2) is 8.69. The van der Waals surface area contributed by atoms with Gasteiger partial charge in [0, 0.05) is 13.1 Å². The van der Waals surface area contributed by atoms with E-state index >= 15 is 0 Å². The van der Waals surface area contributed by atoms with Gasteiger partial charge in [-0.25, -0.2) is 4.79 Å². The van der Waals surface area contributed by atoms with Crippen LogP contribution in [-0.2, 0) is 0 Å². The van der Waals surface area contributed by atoms with Gasteiger partial charge in [0.05, 0.1) is 40.6 Å². The summed E-state index contributed by atoms with van der Waals surface area (Å²) in [5, 5.41) is 18.5. The third-order valence-corrected chi connectivity index (χ3v) is 5.36. The fourth-order valence-electron chi connectivity index (χ4n) is 3.10. The SMILES string of the molecule is COc1ccc(C(=O)O)cc1SNc1cc(C#N)ccc1N1CCCCC1. The average Bonchev–Trinajstić information content (AvgIpc) is 2.72. The lowest BCUT2D eigenvalue weighted by molar-refractivity contribution is 0.0696. The van der Waals surface area contributed by atoms with Crippen LogP contribution in [0.15, 0.2) is 41.3 Å². The van der Waals surface area contributed by atoms with Gasteiger partial charge in [-0.3, -0.25) is 0 Å². The number of benzene rings is 2. The van der Waals surface area contributed by atoms with Gasteiger partial charge in [0.15, 0.2) is 0 Å². The van der Waals surface area contributed by atoms with Crippen LogP contribution in [0.25, 0.3) is 0 Å². The largest absolute Gasteiger partial charge is 0.496 e. The van der Waals surface area contributed by atoms with Gasteiger partial charge in [0.25, 0.3) is 0 Å². The summed E-state index contributed by atoms with van der Waals surface area (Å²) in [6.45, 7) is 1.98. The second-order valence-corrected chi connectivity index (χ2v) is 7.11. The van der Waals surface area contributed by atoms with E-state index < -0.39 is 5.97 Å². The van der Waals surface area contributed by atoms with Gasteiger partial charge in [-0.1, -0.05) is 0 Å². The van der Waals surface area contributed by atoms with E-state index in [0.717, 1.165) is 37.3 Å². The van der Waals surface area contributed by atoms with Gasteiger partial charge in [-0.05, 0) is 67.6 Å². The summed E-state index contributed by atoms with van der Waals surface area (Å²) in [6, 6.07) is 12.5. The molecule has 2 aromatic carbocycles. The smallest absolute Gasteiger partial charge is 0.335 e. The maximum absolute atomic E-state index is 11.3. The lowest BCUT2D eigenvalue weighted by Crippen LogP contribution is -2.29. The molecule has 0 saturated carbocycles. The van der Waals surface area contributed by atoms with Crippen molar-refractivity contribution in [1.82, 2.24) is 0 Å². The number of hydrogen-bond donors (Lipinski definition) is 2. The molecular formula is C20H21N3O3S. The third-order valence-electron chi connectivity index (χ3n) is 4.50. The topological polar surface area (TPSA) is 85.6 Å². The number of methoxy groups -OCH3 is 1. The molecule has 0 spiro atoms. The number of rotatable bonds is 6. The van der Waals surface area contributed by atoms with Crippen LogP contribution in [-0.4, -0.2) is 31.3 Å². The number of piperidine rings is 1. The number of carboxylic acid groups (broad SMARTS) is 1. The molecule has 1 aliphatic heterocycles. The number of hydrogen-bond acceptors (Lipinski definition) is 6. The second-order valence-electron chi connectivity index (χ2n) is 6.27. The molecule has 0 amide bonds. The van der Waals surface area contributed by atoms with Crippen molar-refractivity contribution in [2.75, 3.05) is 29.8 Å². The highest BCUT2D eigenvalue weighted by Crippen LogP contribution is 2.36. The molecule has 0 unspecified atom stereocenters. The summed E-state index contributed by atoms with van der Waals surface area (Å²) in [5.41, 5.74) is 2.66. The van der Waals surface area contributed by atoms with Crippen LogP contribution < -0.4 is 14.4 Å². The van der Waals surface area contributed by atoms with Gasteiger partial charge in [-0.2, -0.15) is 5.26 Å². The lowest BCUT2D eigenvalue weighted by Gasteiger charge is -2.30. The van der Waals surface area contributed by atoms with E-state index in [0.29, 0.717) is 16.2 Å². The van der Waals surface area contributed by atoms with E-state index in [1.54, 1.807) is 19.2 Å². The number of nitrogens with zero attached hydrogens (tertiary/aromatic N) is 2. The molecule has 2 N–H and O–H groups in total. The quantitative estimate of drug-likeness (QED) is 0.716. The lowest BCUT2D eigenvalue weighted by atomic mass is 10.1. The molecule has 140 valence electrons. The molecule has 1 heterocycles. The Kier molecular flexibility index (Phi) is 6.09. The molecule has 1 fully saturated rings. The monoisotopic (exact) mass is 383 g/mol. The van der Waals surface area contributed by atoms with Crippen molar-refractivity contribution in [1.29, 1.82) is 5.26 Å². The number of anilines is 2. The van der Waals surface area contributed by atoms with E-state index in [1.807, 2.05) is 18.2 Å². The summed E-state index contributed by atoms with van der Waals surface area (Å²) in [7, 11) is 1.55. The van der Waals surface area contributed by atoms with Crippen LogP contribution in [0.3, 0.4) is 0 Å². The van der Waals surface area contributed by atoms with Crippen LogP contribution >= 0.6 is 11.9 Å². The Labute approximate surface area is 162 Å². The number of carboxylic acids is 1. The molecule has 2 aromatic rings. The van der Waals surface area contributed by atoms with Crippen molar-refractivity contribution in [2.45, 2.75) is 24.2 Å². The number of aromatic carboxylic acids is 1. The third kappa shape index (κ3) is 4.47. The molecule has 27 heavy (non-hydrogen) atoms. The first-order valence-electron chi connectivity index (χ1n) is 8.75. The van der Waals surface area contributed by atoms with Crippen molar-refractivity contribution < 1.29 is 14.6 Å². The molecule has 3 rings (SSSR count). The van der Waals surface area contributed by atoms with E-state index in [1.165, 1.54) is 24.4 Å². The standard InChI is InChI=1S/C20H21N3O3S/c1-26-18-8-6-15(20(24)25)12-19(18)27-22-16-11-14(13-21)5-7-17(16)23-9-3-2-4-10-23/h5-8,11-12,22H,2-4,9-10H2,1H3,(H,24,25). The fraction of sp³-hybridized carbons (Fsp3) is 0.300. The molecule has 1 aliphatic rings. The number of carbonyl (C=O) groups is 1. The molecule has 0 atom stereocenters. The first-order valence-corrected chi connectivity index (χ1v) is 9.57. The normalized spacial score (nSPS) is 13.7. The summed E-state index contributed by atoms with van der Waals surface area (Å²) < 4.78 is 8.64. The summed E-state index contributed by atoms with van der Waals surface area (Å²) in [4.78, 5) is 14.2. The molecule has 7 heteroatoms. The van der Waals surface area contributed by atoms with E-state index in [-0.39, 0.29) is 5.56 Å². The van der Waals surface area contributed by atoms with Crippen molar-refractivity contribution in [3.8, 4) is 11.8 Å². The van der Waals surface area contributed by atoms with Crippen molar-refractivity contribution in [2.24, 2.45) is 0 Å². The van der Waals surface area contributed by atoms with Gasteiger partial charge in [0.2, 0.25) is 0 Å². The minimum absolute atomic E-state index is 0.196. The highest BCUT2D eigenvalue weighted by molar-refractivity contribution is 8.00. The molecule has 0 aliphatic carbocycles. The maximum Gasteiger partial charge on any atom is 0.335 e. The van der Waals surface area contributed by atoms with Gasteiger partial charge in [-0.15, -0.1) is 0 Å². The Bertz CT molecular complexity index is 873. The zero-order chi connectivity index (χ0) is 19.2. The molecule has 1 saturated heterocycles. The Morgan fingerprint density at radius 3 is 2.67 bits per heavy atom. The highest BCUT2D eigenvalue weighted by Gasteiger charge is 2.16. The first-order chi connectivity index (χ1) is 13.1. The maximum atomic E-state index is 11.3. The minimum atomic E-state index is -0.986. The van der Waals surface area contributed by atoms with Gasteiger partial charge < -0.3 is 19.5 Å². The van der Waals surface area contributed by atoms with E-state index in [2.05, 4.69) is 15.7 Å². The Morgan fingerprint density at radius 2 is 2.00 bits per heavy atom. The van der Waals surface area contributed by atoms with Crippen LogP contribution in [0.4, 0.5) is 11.4 Å². The number of ether oxygens (including phenoxy) is 1. The predicted molar refractivity (Wildman–Crippen MR) is 107 cm³/mol. The van der Waals surface area contributed by atoms with Crippen molar-refractivity contribution in [3.05, 3.63) is 47.5 Å². The van der Waals surface area contributed by atoms with Crippen LogP contribution in [0.2, 0.25) is 0 Å². The minimum Gasteiger partial charge on any atom is -0.496 e. The zero-order valence-corrected chi connectivity index (χ0v) is 15.9. The number of nitrogens with one attached hydrogen (secondary N) is 1. The molecule has 6 nitrogen and oxygen atoms in total. The van der Waals surface area contributed by atoms with Crippen molar-refractivity contribution >= 4 is 29.3 Å². The zero-order valence-electron chi connectivity index (χ0n) is 15.1. The van der Waals surface area contributed by atoms with Crippen molar-refractivity contribution in [3.63, 3.8) is 0 Å². The highest BCUT2D eigenvalue weighted by atomic mass is 32.2. The average molecular weight is 383 g/mol. The number of nitriles is 1. The van der Waals surface area contributed by atoms with Gasteiger partial charge >= 0.3 is 5.97 Å². The van der Waals surface area contributed by atoms with E-state index in [9.17, 15) is 15.2 Å².